The largest absolute Gasteiger partial charge is 0.478 e. The van der Waals surface area contributed by atoms with Gasteiger partial charge in [0.05, 0.1) is 12.0 Å². The van der Waals surface area contributed by atoms with Gasteiger partial charge in [-0.1, -0.05) is 67.4 Å². The Hall–Kier alpha value is -4.28. The fourth-order valence-corrected chi connectivity index (χ4v) is 4.99. The van der Waals surface area contributed by atoms with E-state index in [0.717, 1.165) is 40.9 Å². The summed E-state index contributed by atoms with van der Waals surface area (Å²) in [5, 5.41) is 24.5. The van der Waals surface area contributed by atoms with E-state index in [1.165, 1.54) is 19.4 Å². The number of unbranched alkanes of at least 4 members (excludes halogenated alkanes) is 1. The molecule has 11 heteroatoms. The highest BCUT2D eigenvalue weighted by Crippen LogP contribution is 2.36. The summed E-state index contributed by atoms with van der Waals surface area (Å²) in [6.07, 6.45) is 3.04. The summed E-state index contributed by atoms with van der Waals surface area (Å²) in [6.45, 7) is 2.51. The van der Waals surface area contributed by atoms with Gasteiger partial charge in [0.15, 0.2) is 22.8 Å². The first-order valence-corrected chi connectivity index (χ1v) is 12.9. The molecule has 0 saturated carbocycles. The number of furan rings is 1. The Kier molecular flexibility index (Phi) is 7.85. The number of imidazole rings is 1. The van der Waals surface area contributed by atoms with E-state index in [9.17, 15) is 9.90 Å². The molecule has 5 rings (SSSR count). The Bertz CT molecular complexity index is 1560. The SMILES string of the molecule is CCCCc1nc(Cl)c(C(OC)c2occc2C(=O)O)n1Cc1ccc(-c2ccccc2)c(-c2nnn[nH]2)c1. The number of rotatable bonds is 11. The maximum Gasteiger partial charge on any atom is 0.339 e. The number of nitrogens with zero attached hydrogens (tertiary/aromatic N) is 5. The van der Waals surface area contributed by atoms with Crippen molar-refractivity contribution < 1.29 is 19.1 Å². The molecule has 0 amide bonds. The number of carboxylic acids is 1. The minimum absolute atomic E-state index is 0.00749. The Morgan fingerprint density at radius 3 is 2.69 bits per heavy atom. The molecule has 5 aromatic rings. The van der Waals surface area contributed by atoms with Crippen molar-refractivity contribution in [1.82, 2.24) is 30.2 Å². The number of hydrogen-bond acceptors (Lipinski definition) is 7. The molecule has 39 heavy (non-hydrogen) atoms. The molecule has 2 N–H and O–H groups in total. The number of hydrogen-bond donors (Lipinski definition) is 2. The molecule has 0 saturated heterocycles. The summed E-state index contributed by atoms with van der Waals surface area (Å²) in [4.78, 5) is 16.5. The molecule has 0 aliphatic heterocycles. The van der Waals surface area contributed by atoms with Crippen LogP contribution < -0.4 is 0 Å². The van der Waals surface area contributed by atoms with Crippen molar-refractivity contribution in [2.24, 2.45) is 0 Å². The molecule has 0 spiro atoms. The molecule has 0 aliphatic carbocycles. The number of benzene rings is 2. The maximum absolute atomic E-state index is 11.9. The van der Waals surface area contributed by atoms with Gasteiger partial charge in [-0.25, -0.2) is 14.9 Å². The quantitative estimate of drug-likeness (QED) is 0.212. The molecule has 3 heterocycles. The first-order valence-electron chi connectivity index (χ1n) is 12.5. The summed E-state index contributed by atoms with van der Waals surface area (Å²) in [5.74, 6) is 0.360. The van der Waals surface area contributed by atoms with Crippen molar-refractivity contribution in [2.75, 3.05) is 7.11 Å². The van der Waals surface area contributed by atoms with E-state index in [1.807, 2.05) is 53.1 Å². The lowest BCUT2D eigenvalue weighted by molar-refractivity contribution is 0.0676. The minimum Gasteiger partial charge on any atom is -0.478 e. The second-order valence-electron chi connectivity index (χ2n) is 9.01. The molecule has 3 aromatic heterocycles. The van der Waals surface area contributed by atoms with Gasteiger partial charge in [-0.15, -0.1) is 5.10 Å². The Morgan fingerprint density at radius 2 is 2.00 bits per heavy atom. The van der Waals surface area contributed by atoms with Crippen LogP contribution in [0.25, 0.3) is 22.5 Å². The predicted molar refractivity (Wildman–Crippen MR) is 145 cm³/mol. The molecule has 0 fully saturated rings. The number of aryl methyl sites for hydroxylation is 1. The zero-order valence-electron chi connectivity index (χ0n) is 21.5. The highest BCUT2D eigenvalue weighted by molar-refractivity contribution is 6.30. The highest BCUT2D eigenvalue weighted by atomic mass is 35.5. The number of carbonyl (C=O) groups is 1. The third kappa shape index (κ3) is 5.34. The summed E-state index contributed by atoms with van der Waals surface area (Å²) < 4.78 is 13.3. The highest BCUT2D eigenvalue weighted by Gasteiger charge is 2.31. The van der Waals surface area contributed by atoms with Crippen molar-refractivity contribution in [3.8, 4) is 22.5 Å². The van der Waals surface area contributed by atoms with Crippen molar-refractivity contribution >= 4 is 17.6 Å². The lowest BCUT2D eigenvalue weighted by Crippen LogP contribution is -2.16. The van der Waals surface area contributed by atoms with Crippen molar-refractivity contribution in [3.05, 3.63) is 94.4 Å². The van der Waals surface area contributed by atoms with Crippen LogP contribution in [-0.2, 0) is 17.7 Å². The monoisotopic (exact) mass is 546 g/mol. The van der Waals surface area contributed by atoms with Crippen LogP contribution in [0.3, 0.4) is 0 Å². The second kappa shape index (κ2) is 11.6. The minimum atomic E-state index is -1.11. The van der Waals surface area contributed by atoms with Crippen molar-refractivity contribution in [1.29, 1.82) is 0 Å². The Balaban J connectivity index is 1.62. The van der Waals surface area contributed by atoms with Crippen LogP contribution in [-0.4, -0.2) is 48.4 Å². The van der Waals surface area contributed by atoms with Gasteiger partial charge in [-0.3, -0.25) is 0 Å². The molecular weight excluding hydrogens is 520 g/mol. The number of aromatic amines is 1. The van der Waals surface area contributed by atoms with Crippen LogP contribution in [0.4, 0.5) is 0 Å². The third-order valence-corrected chi connectivity index (χ3v) is 6.83. The van der Waals surface area contributed by atoms with E-state index >= 15 is 0 Å². The fourth-order valence-electron chi connectivity index (χ4n) is 4.69. The van der Waals surface area contributed by atoms with E-state index < -0.39 is 12.1 Å². The van der Waals surface area contributed by atoms with Crippen LogP contribution >= 0.6 is 11.6 Å². The molecule has 10 nitrogen and oxygen atoms in total. The van der Waals surface area contributed by atoms with Gasteiger partial charge < -0.3 is 18.8 Å². The van der Waals surface area contributed by atoms with Crippen molar-refractivity contribution in [2.45, 2.75) is 38.8 Å². The number of tetrazole rings is 1. The zero-order chi connectivity index (χ0) is 27.4. The van der Waals surface area contributed by atoms with Gasteiger partial charge in [0, 0.05) is 25.6 Å². The van der Waals surface area contributed by atoms with E-state index in [4.69, 9.17) is 20.8 Å². The summed E-state index contributed by atoms with van der Waals surface area (Å²) in [5.41, 5.74) is 4.33. The lowest BCUT2D eigenvalue weighted by atomic mass is 9.97. The zero-order valence-corrected chi connectivity index (χ0v) is 22.2. The number of carboxylic acid groups (broad SMARTS) is 1. The second-order valence-corrected chi connectivity index (χ2v) is 9.37. The normalized spacial score (nSPS) is 12.1. The van der Waals surface area contributed by atoms with E-state index in [-0.39, 0.29) is 16.5 Å². The van der Waals surface area contributed by atoms with Gasteiger partial charge in [0.1, 0.15) is 11.4 Å². The molecule has 2 aromatic carbocycles. The first kappa shape index (κ1) is 26.3. The molecule has 0 bridgehead atoms. The Labute approximate surface area is 229 Å². The summed E-state index contributed by atoms with van der Waals surface area (Å²) in [7, 11) is 1.49. The average Bonchev–Trinajstić information content (AvgIpc) is 3.71. The molecule has 0 radical (unpaired) electrons. The van der Waals surface area contributed by atoms with E-state index in [2.05, 4.69) is 32.5 Å². The van der Waals surface area contributed by atoms with Gasteiger partial charge in [-0.2, -0.15) is 0 Å². The van der Waals surface area contributed by atoms with E-state index in [1.54, 1.807) is 0 Å². The average molecular weight is 547 g/mol. The van der Waals surface area contributed by atoms with Crippen molar-refractivity contribution in [3.63, 3.8) is 0 Å². The predicted octanol–water partition coefficient (Wildman–Crippen LogP) is 5.80. The fraction of sp³-hybridized carbons (Fsp3) is 0.250. The first-order chi connectivity index (χ1) is 19.0. The number of halogens is 1. The number of aromatic nitrogens is 6. The summed E-state index contributed by atoms with van der Waals surface area (Å²) >= 11 is 6.70. The smallest absolute Gasteiger partial charge is 0.339 e. The standard InChI is InChI=1S/C28H27ClN6O4/c1-3-4-10-22-30-26(29)23(25(38-2)24-20(28(36)37)13-14-39-24)35(22)16-17-11-12-19(18-8-6-5-7-9-18)21(15-17)27-31-33-34-32-27/h5-9,11-15,25H,3-4,10,16H2,1-2H3,(H,36,37)(H,31,32,33,34). The third-order valence-electron chi connectivity index (χ3n) is 6.55. The van der Waals surface area contributed by atoms with Gasteiger partial charge >= 0.3 is 5.97 Å². The lowest BCUT2D eigenvalue weighted by Gasteiger charge is -2.19. The van der Waals surface area contributed by atoms with Crippen LogP contribution in [0, 0.1) is 0 Å². The van der Waals surface area contributed by atoms with Crippen LogP contribution in [0.5, 0.6) is 0 Å². The van der Waals surface area contributed by atoms with Crippen LogP contribution in [0.2, 0.25) is 5.15 Å². The van der Waals surface area contributed by atoms with Gasteiger partial charge in [0.2, 0.25) is 0 Å². The topological polar surface area (TPSA) is 132 Å². The number of ether oxygens (including phenoxy) is 1. The molecular formula is C28H27ClN6O4. The number of H-pyrrole nitrogens is 1. The van der Waals surface area contributed by atoms with Crippen LogP contribution in [0.15, 0.2) is 65.3 Å². The molecule has 1 unspecified atom stereocenters. The maximum atomic E-state index is 11.9. The molecule has 200 valence electrons. The number of methoxy groups -OCH3 is 1. The number of aromatic carboxylic acids is 1. The molecule has 1 atom stereocenters. The van der Waals surface area contributed by atoms with Crippen LogP contribution in [0.1, 0.15) is 59.1 Å². The Morgan fingerprint density at radius 1 is 1.18 bits per heavy atom. The van der Waals surface area contributed by atoms with Gasteiger partial charge in [-0.05, 0) is 45.7 Å². The summed E-state index contributed by atoms with van der Waals surface area (Å²) in [6, 6.07) is 17.5. The van der Waals surface area contributed by atoms with Gasteiger partial charge in [0.25, 0.3) is 0 Å². The number of nitrogens with one attached hydrogen (secondary N) is 1. The van der Waals surface area contributed by atoms with E-state index in [0.29, 0.717) is 24.5 Å². The molecule has 0 aliphatic rings.